The van der Waals surface area contributed by atoms with Crippen molar-refractivity contribution in [1.29, 1.82) is 0 Å². The maximum Gasteiger partial charge on any atom is 0.256 e. The van der Waals surface area contributed by atoms with Gasteiger partial charge in [-0.25, -0.2) is 22.5 Å². The Morgan fingerprint density at radius 3 is 2.40 bits per heavy atom. The Morgan fingerprint density at radius 2 is 1.63 bits per heavy atom. The standard InChI is InChI=1S/C27H17F4N3O/c1-15-21(27(35)33-18-9-7-17(28)8-10-18)12-16(13-23(15)30)19-5-3-11-34-24(19)14-32-26(34)20-4-2-6-22(29)25(20)31/h2-14H,1H3,(H,33,35). The fourth-order valence-corrected chi connectivity index (χ4v) is 3.94. The van der Waals surface area contributed by atoms with Gasteiger partial charge in [-0.2, -0.15) is 0 Å². The number of halogens is 4. The number of anilines is 1. The average molecular weight is 475 g/mol. The normalized spacial score (nSPS) is 11.1. The maximum atomic E-state index is 14.9. The second kappa shape index (κ2) is 8.72. The number of hydrogen-bond donors (Lipinski definition) is 1. The second-order valence-electron chi connectivity index (χ2n) is 7.95. The molecule has 1 N–H and O–H groups in total. The lowest BCUT2D eigenvalue weighted by Gasteiger charge is -2.12. The van der Waals surface area contributed by atoms with Crippen molar-refractivity contribution >= 4 is 17.1 Å². The van der Waals surface area contributed by atoms with Gasteiger partial charge >= 0.3 is 0 Å². The zero-order valence-electron chi connectivity index (χ0n) is 18.3. The van der Waals surface area contributed by atoms with Crippen molar-refractivity contribution in [3.63, 3.8) is 0 Å². The molecular weight excluding hydrogens is 458 g/mol. The maximum absolute atomic E-state index is 14.9. The van der Waals surface area contributed by atoms with Crippen molar-refractivity contribution in [3.8, 4) is 22.5 Å². The van der Waals surface area contributed by atoms with Gasteiger partial charge in [0.2, 0.25) is 0 Å². The first kappa shape index (κ1) is 22.3. The third-order valence-corrected chi connectivity index (χ3v) is 5.77. The van der Waals surface area contributed by atoms with Crippen LogP contribution in [-0.4, -0.2) is 15.3 Å². The number of amides is 1. The van der Waals surface area contributed by atoms with Crippen molar-refractivity contribution in [2.24, 2.45) is 0 Å². The third kappa shape index (κ3) is 4.03. The van der Waals surface area contributed by atoms with Crippen molar-refractivity contribution in [1.82, 2.24) is 9.38 Å². The number of aromatic nitrogens is 2. The minimum Gasteiger partial charge on any atom is -0.322 e. The highest BCUT2D eigenvalue weighted by atomic mass is 19.2. The molecule has 1 amide bonds. The molecule has 0 saturated carbocycles. The molecule has 0 aliphatic rings. The minimum absolute atomic E-state index is 0.0170. The van der Waals surface area contributed by atoms with Crippen LogP contribution in [0.3, 0.4) is 0 Å². The third-order valence-electron chi connectivity index (χ3n) is 5.77. The predicted octanol–water partition coefficient (Wildman–Crippen LogP) is 6.79. The summed E-state index contributed by atoms with van der Waals surface area (Å²) in [7, 11) is 0. The molecule has 4 nitrogen and oxygen atoms in total. The molecule has 35 heavy (non-hydrogen) atoms. The molecule has 3 aromatic carbocycles. The summed E-state index contributed by atoms with van der Waals surface area (Å²) < 4.78 is 57.8. The number of rotatable bonds is 4. The van der Waals surface area contributed by atoms with E-state index in [1.807, 2.05) is 0 Å². The molecule has 5 rings (SSSR count). The molecule has 5 aromatic rings. The summed E-state index contributed by atoms with van der Waals surface area (Å²) in [6, 6.07) is 15.3. The summed E-state index contributed by atoms with van der Waals surface area (Å²) in [5.41, 5.74) is 2.04. The number of carbonyl (C=O) groups excluding carboxylic acids is 1. The quantitative estimate of drug-likeness (QED) is 0.291. The van der Waals surface area contributed by atoms with Crippen molar-refractivity contribution in [2.45, 2.75) is 6.92 Å². The number of imidazole rings is 1. The Labute approximate surface area is 197 Å². The smallest absolute Gasteiger partial charge is 0.256 e. The van der Waals surface area contributed by atoms with Gasteiger partial charge in [-0.1, -0.05) is 12.1 Å². The molecule has 0 radical (unpaired) electrons. The van der Waals surface area contributed by atoms with E-state index in [2.05, 4.69) is 10.3 Å². The summed E-state index contributed by atoms with van der Waals surface area (Å²) in [5, 5.41) is 2.64. The Kier molecular flexibility index (Phi) is 5.56. The van der Waals surface area contributed by atoms with Crippen LogP contribution in [0.5, 0.6) is 0 Å². The topological polar surface area (TPSA) is 46.4 Å². The molecule has 0 aliphatic heterocycles. The van der Waals surface area contributed by atoms with Crippen LogP contribution in [0, 0.1) is 30.2 Å². The zero-order chi connectivity index (χ0) is 24.7. The Balaban J connectivity index is 1.59. The molecule has 174 valence electrons. The van der Waals surface area contributed by atoms with Crippen LogP contribution in [-0.2, 0) is 0 Å². The average Bonchev–Trinajstić information content (AvgIpc) is 3.28. The predicted molar refractivity (Wildman–Crippen MR) is 125 cm³/mol. The summed E-state index contributed by atoms with van der Waals surface area (Å²) >= 11 is 0. The van der Waals surface area contributed by atoms with Crippen LogP contribution in [0.25, 0.3) is 28.0 Å². The highest BCUT2D eigenvalue weighted by Gasteiger charge is 2.19. The highest BCUT2D eigenvalue weighted by molar-refractivity contribution is 6.06. The van der Waals surface area contributed by atoms with Gasteiger partial charge < -0.3 is 5.32 Å². The summed E-state index contributed by atoms with van der Waals surface area (Å²) in [4.78, 5) is 17.2. The van der Waals surface area contributed by atoms with E-state index in [9.17, 15) is 22.4 Å². The van der Waals surface area contributed by atoms with Crippen LogP contribution in [0.1, 0.15) is 15.9 Å². The van der Waals surface area contributed by atoms with Crippen LogP contribution in [0.4, 0.5) is 23.2 Å². The van der Waals surface area contributed by atoms with E-state index in [4.69, 9.17) is 0 Å². The van der Waals surface area contributed by atoms with E-state index in [1.54, 1.807) is 28.8 Å². The number of fused-ring (bicyclic) bond motifs is 1. The molecule has 0 spiro atoms. The van der Waals surface area contributed by atoms with E-state index in [-0.39, 0.29) is 22.5 Å². The molecule has 0 fully saturated rings. The highest BCUT2D eigenvalue weighted by Crippen LogP contribution is 2.32. The van der Waals surface area contributed by atoms with E-state index < -0.39 is 29.2 Å². The lowest BCUT2D eigenvalue weighted by molar-refractivity contribution is 0.102. The first-order valence-electron chi connectivity index (χ1n) is 10.6. The number of benzene rings is 3. The van der Waals surface area contributed by atoms with E-state index in [0.717, 1.165) is 6.07 Å². The van der Waals surface area contributed by atoms with Crippen LogP contribution in [0.15, 0.2) is 79.1 Å². The summed E-state index contributed by atoms with van der Waals surface area (Å²) in [5.74, 6) is -3.43. The van der Waals surface area contributed by atoms with Crippen LogP contribution >= 0.6 is 0 Å². The fourth-order valence-electron chi connectivity index (χ4n) is 3.94. The summed E-state index contributed by atoms with van der Waals surface area (Å²) in [6.45, 7) is 1.49. The van der Waals surface area contributed by atoms with Gasteiger partial charge in [0, 0.05) is 23.0 Å². The molecule has 0 bridgehead atoms. The summed E-state index contributed by atoms with van der Waals surface area (Å²) in [6.07, 6.45) is 3.11. The Hall–Kier alpha value is -4.46. The Morgan fingerprint density at radius 1 is 0.886 bits per heavy atom. The van der Waals surface area contributed by atoms with Crippen molar-refractivity contribution in [3.05, 3.63) is 114 Å². The van der Waals surface area contributed by atoms with Gasteiger partial charge in [0.1, 0.15) is 17.5 Å². The first-order chi connectivity index (χ1) is 16.8. The van der Waals surface area contributed by atoms with Gasteiger partial charge in [0.15, 0.2) is 11.6 Å². The molecule has 0 atom stereocenters. The van der Waals surface area contributed by atoms with Gasteiger partial charge in [0.05, 0.1) is 17.3 Å². The monoisotopic (exact) mass is 475 g/mol. The number of carbonyl (C=O) groups is 1. The number of nitrogens with zero attached hydrogens (tertiary/aromatic N) is 2. The zero-order valence-corrected chi connectivity index (χ0v) is 18.3. The van der Waals surface area contributed by atoms with Gasteiger partial charge in [-0.15, -0.1) is 0 Å². The van der Waals surface area contributed by atoms with Gasteiger partial charge in [-0.3, -0.25) is 9.20 Å². The number of pyridine rings is 1. The van der Waals surface area contributed by atoms with E-state index >= 15 is 0 Å². The molecular formula is C27H17F4N3O. The molecule has 8 heteroatoms. The molecule has 2 aromatic heterocycles. The van der Waals surface area contributed by atoms with Gasteiger partial charge in [0.25, 0.3) is 5.91 Å². The second-order valence-corrected chi connectivity index (χ2v) is 7.95. The number of hydrogen-bond acceptors (Lipinski definition) is 2. The molecule has 0 saturated heterocycles. The van der Waals surface area contributed by atoms with E-state index in [0.29, 0.717) is 22.3 Å². The molecule has 2 heterocycles. The van der Waals surface area contributed by atoms with Gasteiger partial charge in [-0.05, 0) is 72.6 Å². The first-order valence-corrected chi connectivity index (χ1v) is 10.6. The molecule has 0 unspecified atom stereocenters. The van der Waals surface area contributed by atoms with Crippen LogP contribution in [0.2, 0.25) is 0 Å². The Bertz CT molecular complexity index is 1590. The fraction of sp³-hybridized carbons (Fsp3) is 0.0370. The lowest BCUT2D eigenvalue weighted by Crippen LogP contribution is -2.14. The SMILES string of the molecule is Cc1c(F)cc(-c2cccn3c(-c4cccc(F)c4F)ncc23)cc1C(=O)Nc1ccc(F)cc1. The minimum atomic E-state index is -1.02. The largest absolute Gasteiger partial charge is 0.322 e. The van der Waals surface area contributed by atoms with Crippen LogP contribution < -0.4 is 5.32 Å². The number of nitrogens with one attached hydrogen (secondary N) is 1. The van der Waals surface area contributed by atoms with Crippen molar-refractivity contribution < 1.29 is 22.4 Å². The van der Waals surface area contributed by atoms with Crippen molar-refractivity contribution in [2.75, 3.05) is 5.32 Å². The molecule has 0 aliphatic carbocycles. The van der Waals surface area contributed by atoms with E-state index in [1.165, 1.54) is 55.6 Å². The lowest BCUT2D eigenvalue weighted by atomic mass is 9.98.